The molecule has 0 bridgehead atoms. The van der Waals surface area contributed by atoms with Gasteiger partial charge in [0.2, 0.25) is 6.79 Å². The maximum atomic E-state index is 12.7. The van der Waals surface area contributed by atoms with Crippen molar-refractivity contribution in [2.45, 2.75) is 19.9 Å². The molecule has 27 heavy (non-hydrogen) atoms. The summed E-state index contributed by atoms with van der Waals surface area (Å²) in [6.45, 7) is 4.03. The lowest BCUT2D eigenvalue weighted by Crippen LogP contribution is -2.27. The Bertz CT molecular complexity index is 986. The van der Waals surface area contributed by atoms with Crippen LogP contribution in [0, 0.1) is 6.92 Å². The number of hydrogen-bond acceptors (Lipinski definition) is 4. The van der Waals surface area contributed by atoms with Crippen LogP contribution in [-0.2, 0) is 0 Å². The summed E-state index contributed by atoms with van der Waals surface area (Å²) in [7, 11) is 0. The standard InChI is InChI=1S/C22H20N2O3/c1-14(17-8-11-20-21(12-17)27-13-26-20)24-22(25)18-9-10-19(23-15(18)2)16-6-4-3-5-7-16/h3-12,14H,13H2,1-2H3,(H,24,25). The van der Waals surface area contributed by atoms with Gasteiger partial charge in [-0.15, -0.1) is 0 Å². The summed E-state index contributed by atoms with van der Waals surface area (Å²) in [5, 5.41) is 3.03. The summed E-state index contributed by atoms with van der Waals surface area (Å²) in [5.41, 5.74) is 4.11. The van der Waals surface area contributed by atoms with E-state index in [0.717, 1.165) is 22.6 Å². The largest absolute Gasteiger partial charge is 0.454 e. The molecule has 1 aliphatic rings. The van der Waals surface area contributed by atoms with Crippen LogP contribution in [0.15, 0.2) is 60.7 Å². The Balaban J connectivity index is 1.51. The van der Waals surface area contributed by atoms with Crippen LogP contribution < -0.4 is 14.8 Å². The number of nitrogens with one attached hydrogen (secondary N) is 1. The molecule has 3 aromatic rings. The van der Waals surface area contributed by atoms with Crippen molar-refractivity contribution in [2.75, 3.05) is 6.79 Å². The van der Waals surface area contributed by atoms with E-state index in [2.05, 4.69) is 10.3 Å². The normalized spacial score (nSPS) is 13.3. The molecule has 0 saturated heterocycles. The number of rotatable bonds is 4. The molecule has 136 valence electrons. The van der Waals surface area contributed by atoms with Gasteiger partial charge in [0.25, 0.3) is 5.91 Å². The Morgan fingerprint density at radius 2 is 1.81 bits per heavy atom. The molecule has 1 atom stereocenters. The second-order valence-electron chi connectivity index (χ2n) is 6.50. The lowest BCUT2D eigenvalue weighted by molar-refractivity contribution is 0.0938. The number of carbonyl (C=O) groups is 1. The average molecular weight is 360 g/mol. The molecule has 0 fully saturated rings. The van der Waals surface area contributed by atoms with E-state index < -0.39 is 0 Å². The van der Waals surface area contributed by atoms with Gasteiger partial charge in [-0.05, 0) is 43.7 Å². The van der Waals surface area contributed by atoms with Gasteiger partial charge in [-0.25, -0.2) is 0 Å². The van der Waals surface area contributed by atoms with Crippen LogP contribution in [0.5, 0.6) is 11.5 Å². The first-order valence-corrected chi connectivity index (χ1v) is 8.85. The molecular weight excluding hydrogens is 340 g/mol. The molecule has 0 aliphatic carbocycles. The van der Waals surface area contributed by atoms with Crippen LogP contribution in [0.25, 0.3) is 11.3 Å². The molecule has 0 radical (unpaired) electrons. The Kier molecular flexibility index (Phi) is 4.50. The quantitative estimate of drug-likeness (QED) is 0.754. The number of ether oxygens (including phenoxy) is 2. The Labute approximate surface area is 158 Å². The summed E-state index contributed by atoms with van der Waals surface area (Å²) >= 11 is 0. The molecule has 4 rings (SSSR count). The van der Waals surface area contributed by atoms with E-state index in [4.69, 9.17) is 9.47 Å². The van der Waals surface area contributed by atoms with Gasteiger partial charge in [0.1, 0.15) is 0 Å². The third kappa shape index (κ3) is 3.49. The molecule has 1 aromatic heterocycles. The highest BCUT2D eigenvalue weighted by Gasteiger charge is 2.18. The maximum absolute atomic E-state index is 12.7. The van der Waals surface area contributed by atoms with Crippen molar-refractivity contribution >= 4 is 5.91 Å². The molecule has 2 heterocycles. The van der Waals surface area contributed by atoms with Crippen molar-refractivity contribution in [3.8, 4) is 22.8 Å². The van der Waals surface area contributed by atoms with Gasteiger partial charge in [-0.2, -0.15) is 0 Å². The number of aryl methyl sites for hydroxylation is 1. The summed E-state index contributed by atoms with van der Waals surface area (Å²) in [5.74, 6) is 1.29. The van der Waals surface area contributed by atoms with Gasteiger partial charge in [-0.3, -0.25) is 9.78 Å². The molecular formula is C22H20N2O3. The highest BCUT2D eigenvalue weighted by molar-refractivity contribution is 5.95. The number of amides is 1. The van der Waals surface area contributed by atoms with Crippen LogP contribution in [0.4, 0.5) is 0 Å². The average Bonchev–Trinajstić information content (AvgIpc) is 3.16. The summed E-state index contributed by atoms with van der Waals surface area (Å²) in [4.78, 5) is 17.3. The molecule has 0 spiro atoms. The zero-order valence-electron chi connectivity index (χ0n) is 15.2. The van der Waals surface area contributed by atoms with E-state index in [1.54, 1.807) is 0 Å². The summed E-state index contributed by atoms with van der Waals surface area (Å²) < 4.78 is 10.7. The summed E-state index contributed by atoms with van der Waals surface area (Å²) in [6.07, 6.45) is 0. The van der Waals surface area contributed by atoms with Gasteiger partial charge in [0.15, 0.2) is 11.5 Å². The molecule has 1 amide bonds. The number of benzene rings is 2. The minimum Gasteiger partial charge on any atom is -0.454 e. The number of hydrogen-bond donors (Lipinski definition) is 1. The molecule has 1 unspecified atom stereocenters. The van der Waals surface area contributed by atoms with E-state index in [0.29, 0.717) is 17.0 Å². The molecule has 1 N–H and O–H groups in total. The van der Waals surface area contributed by atoms with Crippen molar-refractivity contribution < 1.29 is 14.3 Å². The van der Waals surface area contributed by atoms with Gasteiger partial charge in [0, 0.05) is 5.56 Å². The first kappa shape index (κ1) is 17.1. The smallest absolute Gasteiger partial charge is 0.253 e. The van der Waals surface area contributed by atoms with E-state index in [9.17, 15) is 4.79 Å². The first-order valence-electron chi connectivity index (χ1n) is 8.85. The van der Waals surface area contributed by atoms with Crippen LogP contribution in [-0.4, -0.2) is 17.7 Å². The Morgan fingerprint density at radius 1 is 1.04 bits per heavy atom. The predicted molar refractivity (Wildman–Crippen MR) is 103 cm³/mol. The third-order valence-electron chi connectivity index (χ3n) is 4.64. The minimum absolute atomic E-state index is 0.148. The lowest BCUT2D eigenvalue weighted by atomic mass is 10.1. The minimum atomic E-state index is -0.166. The fourth-order valence-electron chi connectivity index (χ4n) is 3.11. The fourth-order valence-corrected chi connectivity index (χ4v) is 3.11. The number of nitrogens with zero attached hydrogens (tertiary/aromatic N) is 1. The van der Waals surface area contributed by atoms with E-state index in [-0.39, 0.29) is 18.7 Å². The highest BCUT2D eigenvalue weighted by atomic mass is 16.7. The second-order valence-corrected chi connectivity index (χ2v) is 6.50. The van der Waals surface area contributed by atoms with Crippen LogP contribution >= 0.6 is 0 Å². The SMILES string of the molecule is Cc1nc(-c2ccccc2)ccc1C(=O)NC(C)c1ccc2c(c1)OCO2. The fraction of sp³-hybridized carbons (Fsp3) is 0.182. The van der Waals surface area contributed by atoms with Crippen LogP contribution in [0.3, 0.4) is 0 Å². The maximum Gasteiger partial charge on any atom is 0.253 e. The first-order chi connectivity index (χ1) is 13.1. The van der Waals surface area contributed by atoms with E-state index in [1.807, 2.05) is 74.5 Å². The molecule has 2 aromatic carbocycles. The molecule has 1 aliphatic heterocycles. The van der Waals surface area contributed by atoms with Crippen LogP contribution in [0.2, 0.25) is 0 Å². The van der Waals surface area contributed by atoms with Crippen molar-refractivity contribution in [2.24, 2.45) is 0 Å². The van der Waals surface area contributed by atoms with Gasteiger partial charge < -0.3 is 14.8 Å². The molecule has 5 heteroatoms. The van der Waals surface area contributed by atoms with Crippen molar-refractivity contribution in [1.82, 2.24) is 10.3 Å². The van der Waals surface area contributed by atoms with Gasteiger partial charge >= 0.3 is 0 Å². The van der Waals surface area contributed by atoms with Gasteiger partial charge in [-0.1, -0.05) is 36.4 Å². The van der Waals surface area contributed by atoms with Crippen molar-refractivity contribution in [3.05, 3.63) is 77.5 Å². The second kappa shape index (κ2) is 7.11. The Hall–Kier alpha value is -3.34. The monoisotopic (exact) mass is 360 g/mol. The molecule has 5 nitrogen and oxygen atoms in total. The van der Waals surface area contributed by atoms with Gasteiger partial charge in [0.05, 0.1) is 23.0 Å². The van der Waals surface area contributed by atoms with Crippen molar-refractivity contribution in [3.63, 3.8) is 0 Å². The van der Waals surface area contributed by atoms with E-state index >= 15 is 0 Å². The third-order valence-corrected chi connectivity index (χ3v) is 4.64. The predicted octanol–water partition coefficient (Wildman–Crippen LogP) is 4.28. The zero-order valence-corrected chi connectivity index (χ0v) is 15.2. The lowest BCUT2D eigenvalue weighted by Gasteiger charge is -2.16. The molecule has 0 saturated carbocycles. The zero-order chi connectivity index (χ0) is 18.8. The Morgan fingerprint density at radius 3 is 2.59 bits per heavy atom. The topological polar surface area (TPSA) is 60.5 Å². The van der Waals surface area contributed by atoms with Crippen LogP contribution in [0.1, 0.15) is 34.6 Å². The number of carbonyl (C=O) groups excluding carboxylic acids is 1. The van der Waals surface area contributed by atoms with E-state index in [1.165, 1.54) is 0 Å². The number of fused-ring (bicyclic) bond motifs is 1. The summed E-state index contributed by atoms with van der Waals surface area (Å²) in [6, 6.07) is 19.2. The number of aromatic nitrogens is 1. The number of pyridine rings is 1. The van der Waals surface area contributed by atoms with Crippen molar-refractivity contribution in [1.29, 1.82) is 0 Å². The highest BCUT2D eigenvalue weighted by Crippen LogP contribution is 2.34.